The quantitative estimate of drug-likeness (QED) is 0.735. The van der Waals surface area contributed by atoms with Crippen LogP contribution in [0.5, 0.6) is 6.01 Å². The van der Waals surface area contributed by atoms with Crippen molar-refractivity contribution in [2.24, 2.45) is 7.05 Å². The molecule has 0 amide bonds. The summed E-state index contributed by atoms with van der Waals surface area (Å²) in [6.07, 6.45) is 2.39. The fourth-order valence-electron chi connectivity index (χ4n) is 1.58. The fraction of sp³-hybridized carbons (Fsp3) is 0.545. The molecule has 0 radical (unpaired) electrons. The van der Waals surface area contributed by atoms with Crippen LogP contribution < -0.4 is 15.4 Å². The first kappa shape index (κ1) is 14.0. The summed E-state index contributed by atoms with van der Waals surface area (Å²) < 4.78 is 6.92. The molecule has 0 atom stereocenters. The molecule has 0 aromatic carbocycles. The van der Waals surface area contributed by atoms with Gasteiger partial charge in [-0.2, -0.15) is 15.0 Å². The molecule has 9 heteroatoms. The van der Waals surface area contributed by atoms with Gasteiger partial charge in [0, 0.05) is 26.6 Å². The molecule has 2 heterocycles. The first-order chi connectivity index (χ1) is 9.72. The summed E-state index contributed by atoms with van der Waals surface area (Å²) in [6, 6.07) is 0.275. The van der Waals surface area contributed by atoms with Crippen molar-refractivity contribution < 1.29 is 4.74 Å². The smallest absolute Gasteiger partial charge is 0.322 e. The third-order valence-electron chi connectivity index (χ3n) is 2.57. The van der Waals surface area contributed by atoms with Gasteiger partial charge in [0.05, 0.1) is 7.11 Å². The summed E-state index contributed by atoms with van der Waals surface area (Å²) in [5.74, 6) is 1.85. The average molecular weight is 278 g/mol. The molecule has 0 bridgehead atoms. The highest BCUT2D eigenvalue weighted by Gasteiger charge is 2.06. The van der Waals surface area contributed by atoms with Gasteiger partial charge in [-0.25, -0.2) is 0 Å². The van der Waals surface area contributed by atoms with E-state index in [-0.39, 0.29) is 6.01 Å². The maximum Gasteiger partial charge on any atom is 0.322 e. The molecule has 0 aliphatic rings. The molecular formula is C11H18N8O. The van der Waals surface area contributed by atoms with Crippen molar-refractivity contribution in [1.29, 1.82) is 0 Å². The van der Waals surface area contributed by atoms with Crippen LogP contribution in [-0.4, -0.2) is 49.9 Å². The molecule has 20 heavy (non-hydrogen) atoms. The number of nitrogens with zero attached hydrogens (tertiary/aromatic N) is 6. The number of hydrogen-bond donors (Lipinski definition) is 2. The Kier molecular flexibility index (Phi) is 4.64. The summed E-state index contributed by atoms with van der Waals surface area (Å²) in [5.41, 5.74) is 0. The first-order valence-electron chi connectivity index (χ1n) is 6.33. The first-order valence-corrected chi connectivity index (χ1v) is 6.33. The van der Waals surface area contributed by atoms with Gasteiger partial charge in [0.1, 0.15) is 12.2 Å². The zero-order chi connectivity index (χ0) is 14.4. The van der Waals surface area contributed by atoms with Gasteiger partial charge in [-0.05, 0) is 6.92 Å². The minimum atomic E-state index is 0.275. The second kappa shape index (κ2) is 6.64. The minimum absolute atomic E-state index is 0.275. The van der Waals surface area contributed by atoms with E-state index in [4.69, 9.17) is 4.74 Å². The Balaban J connectivity index is 1.97. The van der Waals surface area contributed by atoms with E-state index < -0.39 is 0 Å². The fourth-order valence-corrected chi connectivity index (χ4v) is 1.58. The Bertz CT molecular complexity index is 555. The number of methoxy groups -OCH3 is 1. The third-order valence-corrected chi connectivity index (χ3v) is 2.57. The van der Waals surface area contributed by atoms with E-state index >= 15 is 0 Å². The number of hydrogen-bond acceptors (Lipinski definition) is 8. The Morgan fingerprint density at radius 1 is 1.20 bits per heavy atom. The van der Waals surface area contributed by atoms with Crippen molar-refractivity contribution in [2.45, 2.75) is 13.3 Å². The maximum atomic E-state index is 5.04. The number of rotatable bonds is 7. The van der Waals surface area contributed by atoms with E-state index in [1.807, 2.05) is 18.5 Å². The van der Waals surface area contributed by atoms with E-state index in [9.17, 15) is 0 Å². The highest BCUT2D eigenvalue weighted by Crippen LogP contribution is 2.10. The number of aryl methyl sites for hydroxylation is 1. The van der Waals surface area contributed by atoms with Crippen LogP contribution in [0.4, 0.5) is 11.9 Å². The summed E-state index contributed by atoms with van der Waals surface area (Å²) in [5, 5.41) is 14.0. The van der Waals surface area contributed by atoms with Gasteiger partial charge < -0.3 is 19.9 Å². The predicted octanol–water partition coefficient (Wildman–Crippen LogP) is 0.0951. The van der Waals surface area contributed by atoms with Gasteiger partial charge in [-0.1, -0.05) is 0 Å². The zero-order valence-corrected chi connectivity index (χ0v) is 11.8. The van der Waals surface area contributed by atoms with E-state index in [0.29, 0.717) is 18.4 Å². The zero-order valence-electron chi connectivity index (χ0n) is 11.8. The van der Waals surface area contributed by atoms with Crippen LogP contribution in [-0.2, 0) is 13.5 Å². The summed E-state index contributed by atoms with van der Waals surface area (Å²) >= 11 is 0. The predicted molar refractivity (Wildman–Crippen MR) is 73.7 cm³/mol. The van der Waals surface area contributed by atoms with Crippen LogP contribution in [0.25, 0.3) is 0 Å². The van der Waals surface area contributed by atoms with Crippen LogP contribution >= 0.6 is 0 Å². The van der Waals surface area contributed by atoms with Crippen LogP contribution in [0.15, 0.2) is 6.33 Å². The molecule has 2 aromatic heterocycles. The van der Waals surface area contributed by atoms with Gasteiger partial charge in [0.15, 0.2) is 0 Å². The second-order valence-electron chi connectivity index (χ2n) is 4.03. The molecule has 0 spiro atoms. The summed E-state index contributed by atoms with van der Waals surface area (Å²) in [7, 11) is 3.43. The molecule has 2 rings (SSSR count). The number of nitrogens with one attached hydrogen (secondary N) is 2. The monoisotopic (exact) mass is 278 g/mol. The SMILES string of the molecule is CCNc1nc(NCCc2nncn2C)nc(OC)n1. The lowest BCUT2D eigenvalue weighted by atomic mass is 10.4. The van der Waals surface area contributed by atoms with Gasteiger partial charge in [-0.3, -0.25) is 0 Å². The molecule has 0 fully saturated rings. The molecule has 0 saturated carbocycles. The van der Waals surface area contributed by atoms with Crippen LogP contribution in [0.2, 0.25) is 0 Å². The molecular weight excluding hydrogens is 260 g/mol. The van der Waals surface area contributed by atoms with Crippen molar-refractivity contribution >= 4 is 11.9 Å². The van der Waals surface area contributed by atoms with Crippen LogP contribution in [0.1, 0.15) is 12.7 Å². The lowest BCUT2D eigenvalue weighted by molar-refractivity contribution is 0.379. The third kappa shape index (κ3) is 3.53. The van der Waals surface area contributed by atoms with Gasteiger partial charge >= 0.3 is 6.01 Å². The Hall–Kier alpha value is -2.45. The van der Waals surface area contributed by atoms with E-state index in [1.54, 1.807) is 6.33 Å². The highest BCUT2D eigenvalue weighted by atomic mass is 16.5. The van der Waals surface area contributed by atoms with Crippen LogP contribution in [0.3, 0.4) is 0 Å². The maximum absolute atomic E-state index is 5.04. The largest absolute Gasteiger partial charge is 0.467 e. The molecule has 108 valence electrons. The highest BCUT2D eigenvalue weighted by molar-refractivity contribution is 5.35. The van der Waals surface area contributed by atoms with Gasteiger partial charge in [0.25, 0.3) is 0 Å². The average Bonchev–Trinajstić information content (AvgIpc) is 2.84. The molecule has 0 aliphatic heterocycles. The molecule has 0 unspecified atom stereocenters. The normalized spacial score (nSPS) is 10.3. The number of anilines is 2. The second-order valence-corrected chi connectivity index (χ2v) is 4.03. The van der Waals surface area contributed by atoms with Crippen molar-refractivity contribution in [3.8, 4) is 6.01 Å². The summed E-state index contributed by atoms with van der Waals surface area (Å²) in [6.45, 7) is 3.34. The molecule has 0 saturated heterocycles. The van der Waals surface area contributed by atoms with E-state index in [0.717, 1.165) is 18.8 Å². The molecule has 2 aromatic rings. The van der Waals surface area contributed by atoms with Gasteiger partial charge in [0.2, 0.25) is 11.9 Å². The number of aromatic nitrogens is 6. The Morgan fingerprint density at radius 3 is 2.55 bits per heavy atom. The molecule has 0 aliphatic carbocycles. The molecule has 9 nitrogen and oxygen atoms in total. The van der Waals surface area contributed by atoms with E-state index in [2.05, 4.69) is 35.8 Å². The molecule has 2 N–H and O–H groups in total. The standard InChI is InChI=1S/C11H18N8O/c1-4-12-9-15-10(17-11(16-9)20-3)13-6-5-8-18-14-7-19(8)2/h7H,4-6H2,1-3H3,(H2,12,13,15,16,17). The van der Waals surface area contributed by atoms with Crippen molar-refractivity contribution in [3.63, 3.8) is 0 Å². The Morgan fingerprint density at radius 2 is 1.95 bits per heavy atom. The van der Waals surface area contributed by atoms with Crippen molar-refractivity contribution in [3.05, 3.63) is 12.2 Å². The Labute approximate surface area is 116 Å². The van der Waals surface area contributed by atoms with Crippen molar-refractivity contribution in [2.75, 3.05) is 30.8 Å². The summed E-state index contributed by atoms with van der Waals surface area (Å²) in [4.78, 5) is 12.5. The topological polar surface area (TPSA) is 103 Å². The number of ether oxygens (including phenoxy) is 1. The van der Waals surface area contributed by atoms with Gasteiger partial charge in [-0.15, -0.1) is 10.2 Å². The lowest BCUT2D eigenvalue weighted by Crippen LogP contribution is -2.13. The minimum Gasteiger partial charge on any atom is -0.467 e. The van der Waals surface area contributed by atoms with E-state index in [1.165, 1.54) is 7.11 Å². The van der Waals surface area contributed by atoms with Crippen molar-refractivity contribution in [1.82, 2.24) is 29.7 Å². The van der Waals surface area contributed by atoms with Crippen LogP contribution in [0, 0.1) is 0 Å². The lowest BCUT2D eigenvalue weighted by Gasteiger charge is -2.08.